The molecule has 0 N–H and O–H groups in total. The van der Waals surface area contributed by atoms with Crippen molar-refractivity contribution in [1.82, 2.24) is 0 Å². The first-order valence-electron chi connectivity index (χ1n) is 5.37. The van der Waals surface area contributed by atoms with Gasteiger partial charge in [0.1, 0.15) is 0 Å². The van der Waals surface area contributed by atoms with Gasteiger partial charge < -0.3 is 0 Å². The lowest BCUT2D eigenvalue weighted by atomic mass is 9.85. The van der Waals surface area contributed by atoms with Crippen LogP contribution < -0.4 is 0 Å². The summed E-state index contributed by atoms with van der Waals surface area (Å²) in [5.41, 5.74) is 2.87. The summed E-state index contributed by atoms with van der Waals surface area (Å²) in [6.45, 7) is 0. The van der Waals surface area contributed by atoms with E-state index in [0.29, 0.717) is 21.2 Å². The zero-order valence-electron chi connectivity index (χ0n) is 9.08. The maximum absolute atomic E-state index is 12.5. The maximum Gasteiger partial charge on any atom is 0.195 e. The van der Waals surface area contributed by atoms with Crippen molar-refractivity contribution >= 4 is 44.9 Å². The first-order chi connectivity index (χ1) is 8.61. The average molecular weight is 342 g/mol. The second-order valence-corrected chi connectivity index (χ2v) is 5.83. The molecule has 0 amide bonds. The lowest BCUT2D eigenvalue weighted by Gasteiger charge is -2.25. The van der Waals surface area contributed by atoms with Crippen LogP contribution in [0.5, 0.6) is 0 Å². The van der Waals surface area contributed by atoms with Crippen LogP contribution in [0.4, 0.5) is 0 Å². The van der Waals surface area contributed by atoms with Gasteiger partial charge in [0.15, 0.2) is 5.78 Å². The van der Waals surface area contributed by atoms with E-state index in [1.165, 1.54) is 0 Å². The Labute approximate surface area is 123 Å². The van der Waals surface area contributed by atoms with E-state index in [4.69, 9.17) is 23.2 Å². The van der Waals surface area contributed by atoms with Crippen molar-refractivity contribution in [3.05, 3.63) is 68.7 Å². The molecule has 0 aromatic heterocycles. The van der Waals surface area contributed by atoms with Crippen LogP contribution in [0.2, 0.25) is 10.0 Å². The molecular formula is C14H7BrCl2O. The quantitative estimate of drug-likeness (QED) is 0.615. The van der Waals surface area contributed by atoms with Gasteiger partial charge in [0.2, 0.25) is 0 Å². The van der Waals surface area contributed by atoms with Crippen LogP contribution in [-0.2, 0) is 0 Å². The fourth-order valence-corrected chi connectivity index (χ4v) is 3.83. The van der Waals surface area contributed by atoms with Crippen LogP contribution in [0.3, 0.4) is 0 Å². The normalized spacial score (nSPS) is 17.3. The van der Waals surface area contributed by atoms with Crippen LogP contribution in [0.15, 0.2) is 36.4 Å². The third kappa shape index (κ3) is 1.63. The third-order valence-corrected chi connectivity index (χ3v) is 4.69. The van der Waals surface area contributed by atoms with E-state index < -0.39 is 0 Å². The molecule has 0 spiro atoms. The predicted octanol–water partition coefficient (Wildman–Crippen LogP) is 5.02. The summed E-state index contributed by atoms with van der Waals surface area (Å²) >= 11 is 15.9. The molecule has 0 heterocycles. The van der Waals surface area contributed by atoms with Crippen LogP contribution in [0.1, 0.15) is 31.9 Å². The van der Waals surface area contributed by atoms with Gasteiger partial charge in [0.05, 0.1) is 9.85 Å². The van der Waals surface area contributed by atoms with E-state index in [0.717, 1.165) is 11.1 Å². The largest absolute Gasteiger partial charge is 0.289 e. The van der Waals surface area contributed by atoms with Crippen LogP contribution in [0.25, 0.3) is 0 Å². The number of hydrogen-bond donors (Lipinski definition) is 0. The minimum absolute atomic E-state index is 0.0659. The van der Waals surface area contributed by atoms with Gasteiger partial charge in [-0.25, -0.2) is 0 Å². The molecule has 0 bridgehead atoms. The van der Waals surface area contributed by atoms with E-state index >= 15 is 0 Å². The number of ketones is 1. The minimum Gasteiger partial charge on any atom is -0.289 e. The first-order valence-corrected chi connectivity index (χ1v) is 7.04. The molecule has 90 valence electrons. The molecule has 0 radical (unpaired) electrons. The molecule has 2 aromatic carbocycles. The zero-order chi connectivity index (χ0) is 12.9. The molecule has 1 atom stereocenters. The van der Waals surface area contributed by atoms with E-state index in [2.05, 4.69) is 15.9 Å². The number of fused-ring (bicyclic) bond motifs is 2. The topological polar surface area (TPSA) is 17.1 Å². The number of hydrogen-bond acceptors (Lipinski definition) is 1. The van der Waals surface area contributed by atoms with E-state index in [1.54, 1.807) is 24.3 Å². The molecule has 3 rings (SSSR count). The Morgan fingerprint density at radius 3 is 2.44 bits per heavy atom. The Bertz CT molecular complexity index is 667. The van der Waals surface area contributed by atoms with Gasteiger partial charge in [-0.1, -0.05) is 63.4 Å². The van der Waals surface area contributed by atoms with E-state index in [-0.39, 0.29) is 10.6 Å². The van der Waals surface area contributed by atoms with Crippen LogP contribution in [0, 0.1) is 0 Å². The second-order valence-electron chi connectivity index (χ2n) is 4.10. The van der Waals surface area contributed by atoms with Crippen molar-refractivity contribution in [2.24, 2.45) is 0 Å². The van der Waals surface area contributed by atoms with Crippen LogP contribution >= 0.6 is 39.1 Å². The molecule has 1 aliphatic rings. The lowest BCUT2D eigenvalue weighted by Crippen LogP contribution is -2.17. The Kier molecular flexibility index (Phi) is 2.97. The molecule has 2 aromatic rings. The third-order valence-electron chi connectivity index (χ3n) is 3.10. The summed E-state index contributed by atoms with van der Waals surface area (Å²) in [5.74, 6) is -0.0659. The van der Waals surface area contributed by atoms with Gasteiger partial charge in [0, 0.05) is 16.1 Å². The molecule has 1 unspecified atom stereocenters. The van der Waals surface area contributed by atoms with Crippen molar-refractivity contribution in [2.75, 3.05) is 0 Å². The highest BCUT2D eigenvalue weighted by atomic mass is 79.9. The van der Waals surface area contributed by atoms with Crippen molar-refractivity contribution in [3.8, 4) is 0 Å². The van der Waals surface area contributed by atoms with Crippen molar-refractivity contribution in [3.63, 3.8) is 0 Å². The van der Waals surface area contributed by atoms with Gasteiger partial charge in [-0.2, -0.15) is 0 Å². The summed E-state index contributed by atoms with van der Waals surface area (Å²) in [5, 5.41) is 1.07. The van der Waals surface area contributed by atoms with Crippen molar-refractivity contribution < 1.29 is 4.79 Å². The smallest absolute Gasteiger partial charge is 0.195 e. The Hall–Kier alpha value is -0.830. The Morgan fingerprint density at radius 1 is 1.00 bits per heavy atom. The Balaban J connectivity index is 2.36. The number of rotatable bonds is 0. The average Bonchev–Trinajstić information content (AvgIpc) is 2.35. The zero-order valence-corrected chi connectivity index (χ0v) is 12.2. The second kappa shape index (κ2) is 4.37. The van der Waals surface area contributed by atoms with Crippen molar-refractivity contribution in [1.29, 1.82) is 0 Å². The monoisotopic (exact) mass is 340 g/mol. The number of carbonyl (C=O) groups excluding carboxylic acids is 1. The summed E-state index contributed by atoms with van der Waals surface area (Å²) in [6, 6.07) is 10.8. The summed E-state index contributed by atoms with van der Waals surface area (Å²) < 4.78 is 0. The molecule has 18 heavy (non-hydrogen) atoms. The highest BCUT2D eigenvalue weighted by Gasteiger charge is 2.32. The van der Waals surface area contributed by atoms with Gasteiger partial charge in [-0.15, -0.1) is 0 Å². The van der Waals surface area contributed by atoms with E-state index in [1.807, 2.05) is 12.1 Å². The lowest BCUT2D eigenvalue weighted by molar-refractivity contribution is 0.103. The number of halogens is 3. The highest BCUT2D eigenvalue weighted by molar-refractivity contribution is 9.09. The maximum atomic E-state index is 12.5. The van der Waals surface area contributed by atoms with Gasteiger partial charge in [-0.05, 0) is 23.3 Å². The molecule has 0 aliphatic heterocycles. The van der Waals surface area contributed by atoms with Gasteiger partial charge in [-0.3, -0.25) is 4.79 Å². The Morgan fingerprint density at radius 2 is 1.67 bits per heavy atom. The van der Waals surface area contributed by atoms with Crippen molar-refractivity contribution in [2.45, 2.75) is 4.83 Å². The summed E-state index contributed by atoms with van der Waals surface area (Å²) in [6.07, 6.45) is 0. The minimum atomic E-state index is -0.104. The highest BCUT2D eigenvalue weighted by Crippen LogP contribution is 2.45. The molecule has 1 aliphatic carbocycles. The SMILES string of the molecule is O=C1c2cccc(Cl)c2C(Br)c2cccc(Cl)c21. The number of alkyl halides is 1. The predicted molar refractivity (Wildman–Crippen MR) is 77.1 cm³/mol. The van der Waals surface area contributed by atoms with Gasteiger partial charge >= 0.3 is 0 Å². The molecule has 0 saturated carbocycles. The molecule has 0 fully saturated rings. The molecule has 1 nitrogen and oxygen atoms in total. The standard InChI is InChI=1S/C14H7BrCl2O/c15-13-7-3-1-6-10(17)12(7)14(18)8-4-2-5-9(16)11(8)13/h1-6,13H. The number of carbonyl (C=O) groups is 1. The number of benzene rings is 2. The van der Waals surface area contributed by atoms with Gasteiger partial charge in [0.25, 0.3) is 0 Å². The van der Waals surface area contributed by atoms with E-state index in [9.17, 15) is 4.79 Å². The molecular weight excluding hydrogens is 335 g/mol. The fraction of sp³-hybridized carbons (Fsp3) is 0.0714. The molecule has 0 saturated heterocycles. The fourth-order valence-electron chi connectivity index (χ4n) is 2.27. The summed E-state index contributed by atoms with van der Waals surface area (Å²) in [7, 11) is 0. The first kappa shape index (κ1) is 12.2. The van der Waals surface area contributed by atoms with Crippen LogP contribution in [-0.4, -0.2) is 5.78 Å². The molecule has 4 heteroatoms. The summed E-state index contributed by atoms with van der Waals surface area (Å²) in [4.78, 5) is 12.4.